The largest absolute Gasteiger partial charge is 0.493 e. The van der Waals surface area contributed by atoms with Gasteiger partial charge in [0.15, 0.2) is 0 Å². The van der Waals surface area contributed by atoms with E-state index in [2.05, 4.69) is 30.4 Å². The van der Waals surface area contributed by atoms with Crippen LogP contribution in [0, 0.1) is 5.41 Å². The van der Waals surface area contributed by atoms with E-state index in [0.717, 1.165) is 51.5 Å². The molecule has 0 amide bonds. The Bertz CT molecular complexity index is 425. The maximum Gasteiger partial charge on any atom is 0.124 e. The molecule has 0 aromatic heterocycles. The Morgan fingerprint density at radius 1 is 1.28 bits per heavy atom. The van der Waals surface area contributed by atoms with Gasteiger partial charge in [-0.2, -0.15) is 0 Å². The molecule has 2 aliphatic heterocycles. The standard InChI is InChI=1S/C15H21NO2/c1-15(5-7-17-8-6-15)11-18-14-4-2-3-12-9-16-10-13(12)14/h2-4,16H,5-11H2,1H3. The summed E-state index contributed by atoms with van der Waals surface area (Å²) in [5, 5.41) is 3.38. The predicted molar refractivity (Wildman–Crippen MR) is 70.6 cm³/mol. The zero-order valence-electron chi connectivity index (χ0n) is 11.0. The lowest BCUT2D eigenvalue weighted by Gasteiger charge is -2.33. The van der Waals surface area contributed by atoms with E-state index >= 15 is 0 Å². The third kappa shape index (κ3) is 2.38. The first kappa shape index (κ1) is 12.0. The molecule has 1 N–H and O–H groups in total. The molecule has 1 aromatic rings. The monoisotopic (exact) mass is 247 g/mol. The maximum atomic E-state index is 6.10. The molecule has 1 fully saturated rings. The summed E-state index contributed by atoms with van der Waals surface area (Å²) in [4.78, 5) is 0. The SMILES string of the molecule is CC1(COc2cccc3c2CNC3)CCOCC1. The summed E-state index contributed by atoms with van der Waals surface area (Å²) in [5.74, 6) is 1.06. The molecule has 2 aliphatic rings. The van der Waals surface area contributed by atoms with Gasteiger partial charge in [0, 0.05) is 37.3 Å². The predicted octanol–water partition coefficient (Wildman–Crippen LogP) is 2.49. The van der Waals surface area contributed by atoms with Crippen LogP contribution in [0.3, 0.4) is 0 Å². The molecule has 3 heteroatoms. The highest BCUT2D eigenvalue weighted by Gasteiger charge is 2.28. The van der Waals surface area contributed by atoms with Crippen molar-refractivity contribution in [2.75, 3.05) is 19.8 Å². The molecule has 0 spiro atoms. The third-order valence-corrected chi connectivity index (χ3v) is 4.12. The number of nitrogens with one attached hydrogen (secondary N) is 1. The quantitative estimate of drug-likeness (QED) is 0.890. The van der Waals surface area contributed by atoms with E-state index in [9.17, 15) is 0 Å². The van der Waals surface area contributed by atoms with Gasteiger partial charge < -0.3 is 14.8 Å². The first-order chi connectivity index (χ1) is 8.77. The van der Waals surface area contributed by atoms with E-state index in [1.165, 1.54) is 11.1 Å². The van der Waals surface area contributed by atoms with E-state index in [1.54, 1.807) is 0 Å². The van der Waals surface area contributed by atoms with Crippen LogP contribution in [0.1, 0.15) is 30.9 Å². The van der Waals surface area contributed by atoms with Crippen LogP contribution in [-0.2, 0) is 17.8 Å². The number of fused-ring (bicyclic) bond motifs is 1. The van der Waals surface area contributed by atoms with Crippen molar-refractivity contribution < 1.29 is 9.47 Å². The van der Waals surface area contributed by atoms with Crippen LogP contribution in [-0.4, -0.2) is 19.8 Å². The highest BCUT2D eigenvalue weighted by molar-refractivity contribution is 5.42. The van der Waals surface area contributed by atoms with Gasteiger partial charge >= 0.3 is 0 Å². The van der Waals surface area contributed by atoms with Crippen molar-refractivity contribution in [3.8, 4) is 5.75 Å². The van der Waals surface area contributed by atoms with Crippen LogP contribution in [0.5, 0.6) is 5.75 Å². The molecule has 0 saturated carbocycles. The van der Waals surface area contributed by atoms with Crippen molar-refractivity contribution in [2.24, 2.45) is 5.41 Å². The van der Waals surface area contributed by atoms with Crippen molar-refractivity contribution >= 4 is 0 Å². The summed E-state index contributed by atoms with van der Waals surface area (Å²) in [7, 11) is 0. The number of benzene rings is 1. The molecule has 1 saturated heterocycles. The molecule has 2 heterocycles. The van der Waals surface area contributed by atoms with E-state index in [1.807, 2.05) is 0 Å². The van der Waals surface area contributed by atoms with Crippen molar-refractivity contribution in [1.82, 2.24) is 5.32 Å². The number of rotatable bonds is 3. The Balaban J connectivity index is 1.68. The minimum Gasteiger partial charge on any atom is -0.493 e. The molecule has 3 rings (SSSR count). The first-order valence-electron chi connectivity index (χ1n) is 6.79. The van der Waals surface area contributed by atoms with Gasteiger partial charge in [-0.25, -0.2) is 0 Å². The van der Waals surface area contributed by atoms with Gasteiger partial charge in [0.1, 0.15) is 5.75 Å². The molecule has 3 nitrogen and oxygen atoms in total. The summed E-state index contributed by atoms with van der Waals surface area (Å²) in [5.41, 5.74) is 2.99. The minimum atomic E-state index is 0.271. The van der Waals surface area contributed by atoms with Gasteiger partial charge in [-0.05, 0) is 24.5 Å². The van der Waals surface area contributed by atoms with E-state index < -0.39 is 0 Å². The number of hydrogen-bond donors (Lipinski definition) is 1. The van der Waals surface area contributed by atoms with Crippen molar-refractivity contribution in [1.29, 1.82) is 0 Å². The molecule has 18 heavy (non-hydrogen) atoms. The summed E-state index contributed by atoms with van der Waals surface area (Å²) in [6, 6.07) is 6.36. The minimum absolute atomic E-state index is 0.271. The molecule has 0 radical (unpaired) electrons. The Hall–Kier alpha value is -1.06. The fourth-order valence-corrected chi connectivity index (χ4v) is 2.70. The highest BCUT2D eigenvalue weighted by atomic mass is 16.5. The summed E-state index contributed by atoms with van der Waals surface area (Å²) in [6.07, 6.45) is 2.19. The average molecular weight is 247 g/mol. The van der Waals surface area contributed by atoms with Crippen molar-refractivity contribution in [2.45, 2.75) is 32.9 Å². The molecule has 1 aromatic carbocycles. The lowest BCUT2D eigenvalue weighted by molar-refractivity contribution is 0.000156. The number of hydrogen-bond acceptors (Lipinski definition) is 3. The van der Waals surface area contributed by atoms with Crippen LogP contribution >= 0.6 is 0 Å². The Kier molecular flexibility index (Phi) is 3.27. The summed E-state index contributed by atoms with van der Waals surface area (Å²) in [6.45, 7) is 6.75. The maximum absolute atomic E-state index is 6.10. The van der Waals surface area contributed by atoms with Crippen molar-refractivity contribution in [3.05, 3.63) is 29.3 Å². The van der Waals surface area contributed by atoms with Crippen LogP contribution in [0.15, 0.2) is 18.2 Å². The normalized spacial score (nSPS) is 21.6. The molecular formula is C15H21NO2. The van der Waals surface area contributed by atoms with Gasteiger partial charge in [-0.15, -0.1) is 0 Å². The zero-order chi connectivity index (χ0) is 12.4. The topological polar surface area (TPSA) is 30.5 Å². The lowest BCUT2D eigenvalue weighted by Crippen LogP contribution is -2.32. The Morgan fingerprint density at radius 2 is 2.11 bits per heavy atom. The fourth-order valence-electron chi connectivity index (χ4n) is 2.70. The van der Waals surface area contributed by atoms with Crippen LogP contribution in [0.25, 0.3) is 0 Å². The second kappa shape index (κ2) is 4.90. The highest BCUT2D eigenvalue weighted by Crippen LogP contribution is 2.32. The van der Waals surface area contributed by atoms with E-state index in [0.29, 0.717) is 0 Å². The first-order valence-corrected chi connectivity index (χ1v) is 6.79. The van der Waals surface area contributed by atoms with Gasteiger partial charge in [0.2, 0.25) is 0 Å². The van der Waals surface area contributed by atoms with Gasteiger partial charge in [-0.1, -0.05) is 19.1 Å². The average Bonchev–Trinajstić information content (AvgIpc) is 2.86. The third-order valence-electron chi connectivity index (χ3n) is 4.12. The second-order valence-electron chi connectivity index (χ2n) is 5.71. The van der Waals surface area contributed by atoms with Crippen LogP contribution in [0.4, 0.5) is 0 Å². The molecular weight excluding hydrogens is 226 g/mol. The van der Waals surface area contributed by atoms with Gasteiger partial charge in [0.25, 0.3) is 0 Å². The van der Waals surface area contributed by atoms with Crippen LogP contribution < -0.4 is 10.1 Å². The number of ether oxygens (including phenoxy) is 2. The smallest absolute Gasteiger partial charge is 0.124 e. The molecule has 0 unspecified atom stereocenters. The van der Waals surface area contributed by atoms with Crippen LogP contribution in [0.2, 0.25) is 0 Å². The molecule has 98 valence electrons. The Labute approximate surface area is 108 Å². The van der Waals surface area contributed by atoms with Gasteiger partial charge in [0.05, 0.1) is 6.61 Å². The molecule has 0 atom stereocenters. The summed E-state index contributed by atoms with van der Waals surface area (Å²) < 4.78 is 11.5. The summed E-state index contributed by atoms with van der Waals surface area (Å²) >= 11 is 0. The van der Waals surface area contributed by atoms with Gasteiger partial charge in [-0.3, -0.25) is 0 Å². The zero-order valence-corrected chi connectivity index (χ0v) is 11.0. The Morgan fingerprint density at radius 3 is 2.94 bits per heavy atom. The molecule has 0 bridgehead atoms. The fraction of sp³-hybridized carbons (Fsp3) is 0.600. The second-order valence-corrected chi connectivity index (χ2v) is 5.71. The van der Waals surface area contributed by atoms with Crippen molar-refractivity contribution in [3.63, 3.8) is 0 Å². The van der Waals surface area contributed by atoms with E-state index in [4.69, 9.17) is 9.47 Å². The molecule has 0 aliphatic carbocycles. The lowest BCUT2D eigenvalue weighted by atomic mass is 9.83. The van der Waals surface area contributed by atoms with E-state index in [-0.39, 0.29) is 5.41 Å².